The summed E-state index contributed by atoms with van der Waals surface area (Å²) >= 11 is 0. The van der Waals surface area contributed by atoms with Crippen molar-refractivity contribution in [2.45, 2.75) is 73.5 Å². The number of carbonyl (C=O) groups excluding carboxylic acids is 1. The topological polar surface area (TPSA) is 94.9 Å². The molecule has 8 nitrogen and oxygen atoms in total. The second-order valence-electron chi connectivity index (χ2n) is 8.41. The minimum Gasteiger partial charge on any atom is -0.627 e. The van der Waals surface area contributed by atoms with Crippen LogP contribution < -0.4 is 14.9 Å². The van der Waals surface area contributed by atoms with Gasteiger partial charge < -0.3 is 14.4 Å². The van der Waals surface area contributed by atoms with Gasteiger partial charge in [0.2, 0.25) is 5.30 Å². The molecular formula is C18H31N2O6P. The molecule has 0 bridgehead atoms. The van der Waals surface area contributed by atoms with E-state index < -0.39 is 14.0 Å². The number of hydrogen-bond acceptors (Lipinski definition) is 7. The summed E-state index contributed by atoms with van der Waals surface area (Å²) in [6.45, 7) is 15.4. The zero-order chi connectivity index (χ0) is 20.6. The molecule has 2 heterocycles. The summed E-state index contributed by atoms with van der Waals surface area (Å²) < 4.78 is 23.6. The van der Waals surface area contributed by atoms with Crippen LogP contribution in [0.1, 0.15) is 67.0 Å². The lowest BCUT2D eigenvalue weighted by atomic mass is 9.97. The molecule has 0 aromatic carbocycles. The molecule has 154 valence electrons. The average molecular weight is 402 g/mol. The van der Waals surface area contributed by atoms with Crippen LogP contribution in [0.5, 0.6) is 5.88 Å². The van der Waals surface area contributed by atoms with Crippen LogP contribution in [0.15, 0.2) is 0 Å². The Hall–Kier alpha value is -1.21. The van der Waals surface area contributed by atoms with Crippen LogP contribution >= 0.6 is 7.94 Å². The number of rotatable bonds is 5. The van der Waals surface area contributed by atoms with E-state index in [-0.39, 0.29) is 47.9 Å². The third-order valence-electron chi connectivity index (χ3n) is 3.79. The Morgan fingerprint density at radius 2 is 1.70 bits per heavy atom. The van der Waals surface area contributed by atoms with E-state index >= 15 is 0 Å². The van der Waals surface area contributed by atoms with E-state index in [1.807, 2.05) is 41.5 Å². The summed E-state index contributed by atoms with van der Waals surface area (Å²) in [6, 6.07) is 0. The highest BCUT2D eigenvalue weighted by atomic mass is 31.2. The smallest absolute Gasteiger partial charge is 0.435 e. The van der Waals surface area contributed by atoms with Gasteiger partial charge in [0.1, 0.15) is 18.9 Å². The van der Waals surface area contributed by atoms with E-state index in [1.54, 1.807) is 13.8 Å². The molecule has 0 amide bonds. The van der Waals surface area contributed by atoms with Crippen LogP contribution in [-0.2, 0) is 13.8 Å². The fourth-order valence-electron chi connectivity index (χ4n) is 2.60. The Kier molecular flexibility index (Phi) is 6.57. The fraction of sp³-hybridized carbons (Fsp3) is 0.778. The van der Waals surface area contributed by atoms with E-state index in [0.717, 1.165) is 4.68 Å². The van der Waals surface area contributed by atoms with Crippen LogP contribution in [0.2, 0.25) is 0 Å². The molecular weight excluding hydrogens is 371 g/mol. The third kappa shape index (κ3) is 4.99. The molecule has 1 saturated heterocycles. The Balaban J connectivity index is 2.59. The van der Waals surface area contributed by atoms with Crippen LogP contribution in [0, 0.1) is 5.41 Å². The molecule has 0 atom stereocenters. The molecule has 0 saturated carbocycles. The molecule has 9 heteroatoms. The van der Waals surface area contributed by atoms with Gasteiger partial charge >= 0.3 is 6.09 Å². The second kappa shape index (κ2) is 8.03. The quantitative estimate of drug-likeness (QED) is 0.699. The maximum Gasteiger partial charge on any atom is 0.435 e. The molecule has 1 aromatic heterocycles. The number of ether oxygens (including phenoxy) is 2. The fourth-order valence-corrected chi connectivity index (χ4v) is 4.94. The van der Waals surface area contributed by atoms with Gasteiger partial charge in [-0.05, 0) is 27.7 Å². The maximum absolute atomic E-state index is 13.6. The SMILES string of the molecule is CC(C)OC(=O)n1nc(OC(C)C)c([P+]2([O-])OCC(C)(C)CO2)c1C(C)C. The first-order valence-corrected chi connectivity index (χ1v) is 10.8. The van der Waals surface area contributed by atoms with E-state index in [2.05, 4.69) is 5.10 Å². The van der Waals surface area contributed by atoms with Gasteiger partial charge in [0, 0.05) is 11.3 Å². The second-order valence-corrected chi connectivity index (χ2v) is 10.4. The summed E-state index contributed by atoms with van der Waals surface area (Å²) in [5.74, 6) is -0.109. The number of hydrogen-bond donors (Lipinski definition) is 0. The summed E-state index contributed by atoms with van der Waals surface area (Å²) in [6.07, 6.45) is -1.21. The molecule has 0 unspecified atom stereocenters. The minimum atomic E-state index is -3.70. The number of aromatic nitrogens is 2. The van der Waals surface area contributed by atoms with Crippen molar-refractivity contribution in [2.24, 2.45) is 5.41 Å². The molecule has 1 aliphatic heterocycles. The van der Waals surface area contributed by atoms with Crippen molar-refractivity contribution in [1.29, 1.82) is 0 Å². The van der Waals surface area contributed by atoms with Crippen LogP contribution in [-0.4, -0.2) is 41.3 Å². The average Bonchev–Trinajstić information content (AvgIpc) is 2.89. The van der Waals surface area contributed by atoms with Crippen LogP contribution in [0.25, 0.3) is 0 Å². The van der Waals surface area contributed by atoms with Crippen molar-refractivity contribution in [3.8, 4) is 5.88 Å². The first kappa shape index (κ1) is 22.1. The van der Waals surface area contributed by atoms with Gasteiger partial charge in [-0.2, -0.15) is 4.68 Å². The van der Waals surface area contributed by atoms with Gasteiger partial charge in [-0.25, -0.2) is 13.8 Å². The molecule has 1 fully saturated rings. The predicted octanol–water partition coefficient (Wildman–Crippen LogP) is 3.01. The van der Waals surface area contributed by atoms with Crippen LogP contribution in [0.4, 0.5) is 4.79 Å². The van der Waals surface area contributed by atoms with E-state index in [4.69, 9.17) is 18.5 Å². The molecule has 2 rings (SSSR count). The van der Waals surface area contributed by atoms with E-state index in [0.29, 0.717) is 5.69 Å². The Morgan fingerprint density at radius 3 is 2.15 bits per heavy atom. The van der Waals surface area contributed by atoms with Crippen molar-refractivity contribution >= 4 is 19.3 Å². The van der Waals surface area contributed by atoms with Crippen molar-refractivity contribution in [3.05, 3.63) is 5.69 Å². The standard InChI is InChI=1S/C18H31N2O6P/c1-11(2)14-15(27(22)23-9-18(7,8)10-24-27)16(25-12(3)4)19-20(14)17(21)26-13(5)6/h11-13H,9-10H2,1-8H3. The highest BCUT2D eigenvalue weighted by Crippen LogP contribution is 2.59. The zero-order valence-corrected chi connectivity index (χ0v) is 18.3. The molecule has 27 heavy (non-hydrogen) atoms. The van der Waals surface area contributed by atoms with Crippen molar-refractivity contribution < 1.29 is 28.2 Å². The minimum absolute atomic E-state index is 0.0810. The first-order valence-electron chi connectivity index (χ1n) is 9.26. The lowest BCUT2D eigenvalue weighted by Crippen LogP contribution is -2.40. The van der Waals surface area contributed by atoms with Gasteiger partial charge in [0.25, 0.3) is 13.8 Å². The van der Waals surface area contributed by atoms with Crippen molar-refractivity contribution in [3.63, 3.8) is 0 Å². The third-order valence-corrected chi connectivity index (χ3v) is 5.70. The summed E-state index contributed by atoms with van der Waals surface area (Å²) in [4.78, 5) is 26.2. The normalized spacial score (nSPS) is 19.0. The van der Waals surface area contributed by atoms with Gasteiger partial charge in [-0.3, -0.25) is 0 Å². The number of carbonyl (C=O) groups is 1. The Labute approximate surface area is 161 Å². The van der Waals surface area contributed by atoms with Crippen molar-refractivity contribution in [1.82, 2.24) is 9.78 Å². The maximum atomic E-state index is 13.6. The largest absolute Gasteiger partial charge is 0.627 e. The molecule has 0 radical (unpaired) electrons. The van der Waals surface area contributed by atoms with E-state index in [1.165, 1.54) is 0 Å². The molecule has 0 aliphatic carbocycles. The molecule has 0 spiro atoms. The summed E-state index contributed by atoms with van der Waals surface area (Å²) in [7, 11) is -3.70. The first-order chi connectivity index (χ1) is 12.4. The Bertz CT molecular complexity index is 674. The molecule has 0 N–H and O–H groups in total. The lowest BCUT2D eigenvalue weighted by molar-refractivity contribution is -0.227. The van der Waals surface area contributed by atoms with Gasteiger partial charge in [-0.15, -0.1) is 5.10 Å². The van der Waals surface area contributed by atoms with Gasteiger partial charge in [0.15, 0.2) is 0 Å². The highest BCUT2D eigenvalue weighted by molar-refractivity contribution is 7.67. The monoisotopic (exact) mass is 402 g/mol. The van der Waals surface area contributed by atoms with Crippen molar-refractivity contribution in [2.75, 3.05) is 13.2 Å². The van der Waals surface area contributed by atoms with Crippen LogP contribution in [0.3, 0.4) is 0 Å². The summed E-state index contributed by atoms with van der Waals surface area (Å²) in [5, 5.41) is 4.48. The molecule has 1 aliphatic rings. The van der Waals surface area contributed by atoms with Gasteiger partial charge in [0.05, 0.1) is 12.2 Å². The Morgan fingerprint density at radius 1 is 1.15 bits per heavy atom. The van der Waals surface area contributed by atoms with Gasteiger partial charge in [-0.1, -0.05) is 27.7 Å². The summed E-state index contributed by atoms with van der Waals surface area (Å²) in [5.41, 5.74) is 0.164. The zero-order valence-electron chi connectivity index (χ0n) is 17.4. The van der Waals surface area contributed by atoms with E-state index in [9.17, 15) is 9.69 Å². The predicted molar refractivity (Wildman–Crippen MR) is 101 cm³/mol. The molecule has 1 aromatic rings. The number of nitrogens with zero attached hydrogens (tertiary/aromatic N) is 2. The lowest BCUT2D eigenvalue weighted by Gasteiger charge is -2.37. The highest BCUT2D eigenvalue weighted by Gasteiger charge is 2.50.